The molecule has 5 nitrogen and oxygen atoms in total. The van der Waals surface area contributed by atoms with Gasteiger partial charge in [0.15, 0.2) is 17.6 Å². The minimum atomic E-state index is -0.356. The lowest BCUT2D eigenvalue weighted by Gasteiger charge is -2.25. The number of amides is 1. The summed E-state index contributed by atoms with van der Waals surface area (Å²) >= 11 is 0. The number of anilines is 1. The average molecular weight is 367 g/mol. The van der Waals surface area contributed by atoms with Gasteiger partial charge in [0.05, 0.1) is 6.61 Å². The Hall–Kier alpha value is -2.79. The van der Waals surface area contributed by atoms with E-state index in [9.17, 15) is 4.79 Å². The predicted molar refractivity (Wildman–Crippen MR) is 106 cm³/mol. The molecule has 3 rings (SSSR count). The van der Waals surface area contributed by atoms with E-state index in [2.05, 4.69) is 38.2 Å². The number of benzene rings is 2. The number of carbonyl (C=O) groups excluding carboxylic acids is 1. The van der Waals surface area contributed by atoms with Gasteiger partial charge in [-0.2, -0.15) is 0 Å². The van der Waals surface area contributed by atoms with Gasteiger partial charge in [-0.25, -0.2) is 0 Å². The summed E-state index contributed by atoms with van der Waals surface area (Å²) < 4.78 is 11.1. The number of aliphatic hydroxyl groups excluding tert-OH is 1. The normalized spacial score (nSPS) is 16.4. The van der Waals surface area contributed by atoms with Gasteiger partial charge in [-0.3, -0.25) is 4.79 Å². The zero-order chi connectivity index (χ0) is 19.4. The van der Waals surface area contributed by atoms with Crippen LogP contribution in [0.3, 0.4) is 0 Å². The van der Waals surface area contributed by atoms with Crippen LogP contribution in [0.2, 0.25) is 0 Å². The number of rotatable bonds is 4. The van der Waals surface area contributed by atoms with Crippen LogP contribution in [0, 0.1) is 0 Å². The molecule has 1 aliphatic rings. The first-order chi connectivity index (χ1) is 12.8. The Kier molecular flexibility index (Phi) is 5.51. The number of hydrogen-bond acceptors (Lipinski definition) is 4. The summed E-state index contributed by atoms with van der Waals surface area (Å²) in [6.07, 6.45) is 2.93. The van der Waals surface area contributed by atoms with Gasteiger partial charge < -0.3 is 19.9 Å². The number of nitrogens with one attached hydrogen (secondary N) is 1. The van der Waals surface area contributed by atoms with Crippen molar-refractivity contribution in [3.8, 4) is 11.5 Å². The topological polar surface area (TPSA) is 67.8 Å². The molecule has 0 spiro atoms. The molecule has 2 N–H and O–H groups in total. The average Bonchev–Trinajstić information content (AvgIpc) is 2.65. The quantitative estimate of drug-likeness (QED) is 0.808. The van der Waals surface area contributed by atoms with E-state index in [0.717, 1.165) is 5.56 Å². The molecule has 5 heteroatoms. The number of aliphatic hydroxyl groups is 1. The Morgan fingerprint density at radius 3 is 2.59 bits per heavy atom. The summed E-state index contributed by atoms with van der Waals surface area (Å²) in [5, 5.41) is 11.9. The Bertz CT molecular complexity index is 834. The summed E-state index contributed by atoms with van der Waals surface area (Å²) in [6, 6.07) is 13.4. The first-order valence-electron chi connectivity index (χ1n) is 8.99. The Morgan fingerprint density at radius 1 is 1.19 bits per heavy atom. The van der Waals surface area contributed by atoms with Crippen LogP contribution in [0.15, 0.2) is 48.5 Å². The molecule has 0 radical (unpaired) electrons. The van der Waals surface area contributed by atoms with E-state index in [-0.39, 0.29) is 30.6 Å². The minimum Gasteiger partial charge on any atom is -0.486 e. The molecule has 0 aliphatic carbocycles. The number of fused-ring (bicyclic) bond motifs is 1. The molecule has 0 aromatic heterocycles. The Morgan fingerprint density at radius 2 is 1.93 bits per heavy atom. The van der Waals surface area contributed by atoms with E-state index >= 15 is 0 Å². The van der Waals surface area contributed by atoms with E-state index in [1.54, 1.807) is 24.3 Å². The van der Waals surface area contributed by atoms with Crippen LogP contribution >= 0.6 is 0 Å². The number of hydrogen-bond donors (Lipinski definition) is 2. The largest absolute Gasteiger partial charge is 0.486 e. The van der Waals surface area contributed by atoms with Gasteiger partial charge in [0.25, 0.3) is 0 Å². The Labute approximate surface area is 159 Å². The molecule has 0 fully saturated rings. The molecule has 0 unspecified atom stereocenters. The highest BCUT2D eigenvalue weighted by molar-refractivity contribution is 6.02. The molecule has 1 aliphatic heterocycles. The van der Waals surface area contributed by atoms with Crippen LogP contribution in [-0.2, 0) is 10.2 Å². The van der Waals surface area contributed by atoms with Crippen molar-refractivity contribution in [2.24, 2.45) is 0 Å². The predicted octanol–water partition coefficient (Wildman–Crippen LogP) is 3.77. The standard InChI is InChI=1S/C22H25NO4/c1-22(2,3)16-7-4-15(5-8-16)6-11-21(25)23-17-9-10-19-20(12-17)26-14-18(13-24)27-19/h4-12,18,24H,13-14H2,1-3H3,(H,23,25)/b11-6+/t18-/m0/s1. The zero-order valence-corrected chi connectivity index (χ0v) is 15.9. The van der Waals surface area contributed by atoms with Crippen molar-refractivity contribution < 1.29 is 19.4 Å². The maximum absolute atomic E-state index is 12.2. The summed E-state index contributed by atoms with van der Waals surface area (Å²) in [5.74, 6) is 0.895. The SMILES string of the molecule is CC(C)(C)c1ccc(/C=C/C(=O)Nc2ccc3c(c2)OC[C@H](CO)O3)cc1. The molecule has 27 heavy (non-hydrogen) atoms. The number of ether oxygens (including phenoxy) is 2. The molecule has 1 atom stereocenters. The highest BCUT2D eigenvalue weighted by atomic mass is 16.6. The summed E-state index contributed by atoms with van der Waals surface area (Å²) in [6.45, 7) is 6.69. The van der Waals surface area contributed by atoms with Crippen LogP contribution in [0.25, 0.3) is 6.08 Å². The van der Waals surface area contributed by atoms with Crippen molar-refractivity contribution in [2.45, 2.75) is 32.3 Å². The zero-order valence-electron chi connectivity index (χ0n) is 15.9. The van der Waals surface area contributed by atoms with Crippen molar-refractivity contribution in [2.75, 3.05) is 18.5 Å². The fourth-order valence-electron chi connectivity index (χ4n) is 2.73. The summed E-state index contributed by atoms with van der Waals surface area (Å²) in [7, 11) is 0. The molecule has 1 heterocycles. The third kappa shape index (κ3) is 4.89. The fraction of sp³-hybridized carbons (Fsp3) is 0.318. The van der Waals surface area contributed by atoms with Gasteiger partial charge in [-0.1, -0.05) is 45.0 Å². The summed E-state index contributed by atoms with van der Waals surface area (Å²) in [5.41, 5.74) is 2.95. The maximum Gasteiger partial charge on any atom is 0.248 e. The highest BCUT2D eigenvalue weighted by Crippen LogP contribution is 2.34. The van der Waals surface area contributed by atoms with Crippen LogP contribution in [0.4, 0.5) is 5.69 Å². The van der Waals surface area contributed by atoms with Gasteiger partial charge in [-0.15, -0.1) is 0 Å². The second-order valence-electron chi connectivity index (χ2n) is 7.59. The third-order valence-electron chi connectivity index (χ3n) is 4.34. The van der Waals surface area contributed by atoms with Crippen molar-refractivity contribution >= 4 is 17.7 Å². The first-order valence-corrected chi connectivity index (χ1v) is 8.99. The van der Waals surface area contributed by atoms with Gasteiger partial charge in [0.2, 0.25) is 5.91 Å². The molecule has 142 valence electrons. The van der Waals surface area contributed by atoms with E-state index < -0.39 is 0 Å². The monoisotopic (exact) mass is 367 g/mol. The van der Waals surface area contributed by atoms with Crippen LogP contribution in [0.5, 0.6) is 11.5 Å². The van der Waals surface area contributed by atoms with Crippen LogP contribution in [-0.4, -0.2) is 30.3 Å². The fourth-order valence-corrected chi connectivity index (χ4v) is 2.73. The molecule has 0 saturated heterocycles. The maximum atomic E-state index is 12.2. The highest BCUT2D eigenvalue weighted by Gasteiger charge is 2.20. The minimum absolute atomic E-state index is 0.0978. The lowest BCUT2D eigenvalue weighted by Crippen LogP contribution is -2.32. The molecule has 2 aromatic rings. The second-order valence-corrected chi connectivity index (χ2v) is 7.59. The second kappa shape index (κ2) is 7.84. The molecule has 2 aromatic carbocycles. The van der Waals surface area contributed by atoms with Crippen molar-refractivity contribution in [1.82, 2.24) is 0 Å². The van der Waals surface area contributed by atoms with Crippen LogP contribution < -0.4 is 14.8 Å². The molecule has 1 amide bonds. The number of carbonyl (C=O) groups is 1. The van der Waals surface area contributed by atoms with E-state index in [4.69, 9.17) is 14.6 Å². The van der Waals surface area contributed by atoms with E-state index in [1.165, 1.54) is 11.6 Å². The van der Waals surface area contributed by atoms with Gasteiger partial charge in [-0.05, 0) is 34.8 Å². The van der Waals surface area contributed by atoms with Crippen molar-refractivity contribution in [3.05, 3.63) is 59.7 Å². The van der Waals surface area contributed by atoms with Gasteiger partial charge in [0.1, 0.15) is 6.61 Å². The molecular formula is C22H25NO4. The third-order valence-corrected chi connectivity index (χ3v) is 4.34. The first kappa shape index (κ1) is 19.0. The van der Waals surface area contributed by atoms with E-state index in [1.807, 2.05) is 12.1 Å². The summed E-state index contributed by atoms with van der Waals surface area (Å²) in [4.78, 5) is 12.2. The molecule has 0 saturated carbocycles. The molecule has 0 bridgehead atoms. The van der Waals surface area contributed by atoms with Gasteiger partial charge in [0, 0.05) is 17.8 Å². The van der Waals surface area contributed by atoms with E-state index in [0.29, 0.717) is 17.2 Å². The Balaban J connectivity index is 1.62. The smallest absolute Gasteiger partial charge is 0.248 e. The van der Waals surface area contributed by atoms with Crippen LogP contribution in [0.1, 0.15) is 31.9 Å². The molecular weight excluding hydrogens is 342 g/mol. The lowest BCUT2D eigenvalue weighted by molar-refractivity contribution is -0.111. The van der Waals surface area contributed by atoms with Gasteiger partial charge >= 0.3 is 0 Å². The lowest BCUT2D eigenvalue weighted by atomic mass is 9.87. The van der Waals surface area contributed by atoms with Crippen molar-refractivity contribution in [3.63, 3.8) is 0 Å². The van der Waals surface area contributed by atoms with Crippen molar-refractivity contribution in [1.29, 1.82) is 0 Å².